The SMILES string of the molecule is Cc1ccc(C(=O)NCC(=O)OCC(=O)N2CCCC2)cc1C. The van der Waals surface area contributed by atoms with Crippen molar-refractivity contribution in [2.45, 2.75) is 26.7 Å². The summed E-state index contributed by atoms with van der Waals surface area (Å²) in [5.41, 5.74) is 2.60. The smallest absolute Gasteiger partial charge is 0.325 e. The molecule has 0 radical (unpaired) electrons. The Morgan fingerprint density at radius 3 is 2.48 bits per heavy atom. The molecule has 1 aromatic carbocycles. The zero-order valence-electron chi connectivity index (χ0n) is 13.6. The zero-order valence-corrected chi connectivity index (χ0v) is 13.6. The van der Waals surface area contributed by atoms with Crippen molar-refractivity contribution in [2.75, 3.05) is 26.2 Å². The summed E-state index contributed by atoms with van der Waals surface area (Å²) in [5, 5.41) is 2.50. The molecule has 2 rings (SSSR count). The Balaban J connectivity index is 1.74. The fourth-order valence-corrected chi connectivity index (χ4v) is 2.39. The lowest BCUT2D eigenvalue weighted by molar-refractivity contribution is -0.150. The summed E-state index contributed by atoms with van der Waals surface area (Å²) in [6, 6.07) is 5.34. The molecule has 1 N–H and O–H groups in total. The first-order valence-corrected chi connectivity index (χ1v) is 7.76. The Morgan fingerprint density at radius 1 is 1.13 bits per heavy atom. The van der Waals surface area contributed by atoms with Crippen LogP contribution in [0.3, 0.4) is 0 Å². The van der Waals surface area contributed by atoms with E-state index in [1.807, 2.05) is 19.9 Å². The van der Waals surface area contributed by atoms with Crippen molar-refractivity contribution in [3.8, 4) is 0 Å². The first kappa shape index (κ1) is 17.0. The largest absolute Gasteiger partial charge is 0.454 e. The maximum Gasteiger partial charge on any atom is 0.325 e. The summed E-state index contributed by atoms with van der Waals surface area (Å²) in [6.45, 7) is 4.81. The van der Waals surface area contributed by atoms with Crippen molar-refractivity contribution in [1.29, 1.82) is 0 Å². The number of hydrogen-bond acceptors (Lipinski definition) is 4. The maximum absolute atomic E-state index is 12.0. The van der Waals surface area contributed by atoms with Gasteiger partial charge in [0.05, 0.1) is 0 Å². The fourth-order valence-electron chi connectivity index (χ4n) is 2.39. The van der Waals surface area contributed by atoms with Crippen LogP contribution in [0.1, 0.15) is 34.3 Å². The van der Waals surface area contributed by atoms with Crippen LogP contribution in [-0.2, 0) is 14.3 Å². The van der Waals surface area contributed by atoms with Crippen LogP contribution in [-0.4, -0.2) is 48.9 Å². The van der Waals surface area contributed by atoms with Crippen molar-refractivity contribution in [1.82, 2.24) is 10.2 Å². The molecular weight excluding hydrogens is 296 g/mol. The topological polar surface area (TPSA) is 75.7 Å². The van der Waals surface area contributed by atoms with Gasteiger partial charge in [0.1, 0.15) is 6.54 Å². The number of nitrogens with zero attached hydrogens (tertiary/aromatic N) is 1. The molecule has 0 unspecified atom stereocenters. The summed E-state index contributed by atoms with van der Waals surface area (Å²) < 4.78 is 4.90. The molecule has 0 spiro atoms. The van der Waals surface area contributed by atoms with Gasteiger partial charge in [0.25, 0.3) is 11.8 Å². The Kier molecular flexibility index (Phi) is 5.73. The van der Waals surface area contributed by atoms with E-state index >= 15 is 0 Å². The van der Waals surface area contributed by atoms with Gasteiger partial charge in [-0.05, 0) is 49.9 Å². The fraction of sp³-hybridized carbons (Fsp3) is 0.471. The molecule has 6 heteroatoms. The minimum Gasteiger partial charge on any atom is -0.454 e. The molecule has 1 aliphatic heterocycles. The maximum atomic E-state index is 12.0. The van der Waals surface area contributed by atoms with E-state index < -0.39 is 5.97 Å². The molecule has 1 heterocycles. The van der Waals surface area contributed by atoms with Gasteiger partial charge in [-0.1, -0.05) is 6.07 Å². The quantitative estimate of drug-likeness (QED) is 0.828. The first-order valence-electron chi connectivity index (χ1n) is 7.76. The van der Waals surface area contributed by atoms with Crippen LogP contribution >= 0.6 is 0 Å². The molecule has 0 aromatic heterocycles. The third kappa shape index (κ3) is 4.81. The average molecular weight is 318 g/mol. The van der Waals surface area contributed by atoms with E-state index in [0.717, 1.165) is 37.1 Å². The molecule has 1 saturated heterocycles. The number of aryl methyl sites for hydroxylation is 2. The van der Waals surface area contributed by atoms with Crippen molar-refractivity contribution in [3.63, 3.8) is 0 Å². The number of ether oxygens (including phenoxy) is 1. The van der Waals surface area contributed by atoms with E-state index in [9.17, 15) is 14.4 Å². The number of benzene rings is 1. The molecule has 6 nitrogen and oxygen atoms in total. The number of carbonyl (C=O) groups is 3. The third-order valence-corrected chi connectivity index (χ3v) is 3.98. The molecule has 1 aliphatic rings. The van der Waals surface area contributed by atoms with Crippen molar-refractivity contribution in [2.24, 2.45) is 0 Å². The first-order chi connectivity index (χ1) is 11.0. The predicted octanol–water partition coefficient (Wildman–Crippen LogP) is 1.20. The number of carbonyl (C=O) groups excluding carboxylic acids is 3. The highest BCUT2D eigenvalue weighted by atomic mass is 16.5. The number of rotatable bonds is 5. The van der Waals surface area contributed by atoms with Gasteiger partial charge in [0.2, 0.25) is 0 Å². The summed E-state index contributed by atoms with van der Waals surface area (Å²) in [5.74, 6) is -1.14. The molecule has 2 amide bonds. The van der Waals surface area contributed by atoms with Gasteiger partial charge in [-0.3, -0.25) is 14.4 Å². The Labute approximate surface area is 135 Å². The van der Waals surface area contributed by atoms with Crippen LogP contribution in [0.5, 0.6) is 0 Å². The number of esters is 1. The second-order valence-corrected chi connectivity index (χ2v) is 5.73. The van der Waals surface area contributed by atoms with Gasteiger partial charge in [-0.2, -0.15) is 0 Å². The second kappa shape index (κ2) is 7.76. The van der Waals surface area contributed by atoms with Gasteiger partial charge in [0, 0.05) is 18.7 Å². The van der Waals surface area contributed by atoms with E-state index in [4.69, 9.17) is 4.74 Å². The Bertz CT molecular complexity index is 607. The zero-order chi connectivity index (χ0) is 16.8. The highest BCUT2D eigenvalue weighted by Gasteiger charge is 2.19. The van der Waals surface area contributed by atoms with Crippen LogP contribution in [0, 0.1) is 13.8 Å². The molecule has 23 heavy (non-hydrogen) atoms. The third-order valence-electron chi connectivity index (χ3n) is 3.98. The minimum atomic E-state index is -0.616. The Morgan fingerprint density at radius 2 is 1.83 bits per heavy atom. The standard InChI is InChI=1S/C17H22N2O4/c1-12-5-6-14(9-13(12)2)17(22)18-10-16(21)23-11-15(20)19-7-3-4-8-19/h5-6,9H,3-4,7-8,10-11H2,1-2H3,(H,18,22). The van der Waals surface area contributed by atoms with Crippen molar-refractivity contribution in [3.05, 3.63) is 34.9 Å². The molecule has 0 bridgehead atoms. The Hall–Kier alpha value is -2.37. The normalized spacial score (nSPS) is 13.7. The highest BCUT2D eigenvalue weighted by molar-refractivity contribution is 5.96. The molecule has 1 aromatic rings. The van der Waals surface area contributed by atoms with Crippen LogP contribution in [0.2, 0.25) is 0 Å². The summed E-state index contributed by atoms with van der Waals surface area (Å²) in [4.78, 5) is 37.0. The number of hydrogen-bond donors (Lipinski definition) is 1. The van der Waals surface area contributed by atoms with E-state index in [-0.39, 0.29) is 25.0 Å². The molecule has 0 atom stereocenters. The van der Waals surface area contributed by atoms with Crippen LogP contribution in [0.15, 0.2) is 18.2 Å². The summed E-state index contributed by atoms with van der Waals surface area (Å²) >= 11 is 0. The van der Waals surface area contributed by atoms with Gasteiger partial charge >= 0.3 is 5.97 Å². The lowest BCUT2D eigenvalue weighted by Crippen LogP contribution is -2.35. The monoisotopic (exact) mass is 318 g/mol. The van der Waals surface area contributed by atoms with Crippen LogP contribution < -0.4 is 5.32 Å². The minimum absolute atomic E-state index is 0.184. The number of amides is 2. The number of nitrogens with one attached hydrogen (secondary N) is 1. The van der Waals surface area contributed by atoms with Gasteiger partial charge in [0.15, 0.2) is 6.61 Å². The highest BCUT2D eigenvalue weighted by Crippen LogP contribution is 2.09. The number of likely N-dealkylation sites (tertiary alicyclic amines) is 1. The molecule has 0 aliphatic carbocycles. The van der Waals surface area contributed by atoms with E-state index in [0.29, 0.717) is 5.56 Å². The average Bonchev–Trinajstić information content (AvgIpc) is 3.07. The molecule has 124 valence electrons. The van der Waals surface area contributed by atoms with Gasteiger partial charge < -0.3 is 15.0 Å². The van der Waals surface area contributed by atoms with Crippen molar-refractivity contribution < 1.29 is 19.1 Å². The van der Waals surface area contributed by atoms with E-state index in [1.54, 1.807) is 17.0 Å². The van der Waals surface area contributed by atoms with Gasteiger partial charge in [-0.15, -0.1) is 0 Å². The lowest BCUT2D eigenvalue weighted by atomic mass is 10.1. The molecular formula is C17H22N2O4. The van der Waals surface area contributed by atoms with Gasteiger partial charge in [-0.25, -0.2) is 0 Å². The second-order valence-electron chi connectivity index (χ2n) is 5.73. The lowest BCUT2D eigenvalue weighted by Gasteiger charge is -2.15. The van der Waals surface area contributed by atoms with E-state index in [1.165, 1.54) is 0 Å². The molecule has 1 fully saturated rings. The summed E-state index contributed by atoms with van der Waals surface area (Å²) in [6.07, 6.45) is 1.98. The van der Waals surface area contributed by atoms with Crippen LogP contribution in [0.25, 0.3) is 0 Å². The predicted molar refractivity (Wildman–Crippen MR) is 85.0 cm³/mol. The van der Waals surface area contributed by atoms with Crippen LogP contribution in [0.4, 0.5) is 0 Å². The van der Waals surface area contributed by atoms with Crippen molar-refractivity contribution >= 4 is 17.8 Å². The molecule has 0 saturated carbocycles. The van der Waals surface area contributed by atoms with E-state index in [2.05, 4.69) is 5.32 Å². The summed E-state index contributed by atoms with van der Waals surface area (Å²) in [7, 11) is 0.